The lowest BCUT2D eigenvalue weighted by atomic mass is 10.1. The van der Waals surface area contributed by atoms with Crippen LogP contribution in [0.5, 0.6) is 5.75 Å². The van der Waals surface area contributed by atoms with E-state index >= 15 is 0 Å². The fourth-order valence-electron chi connectivity index (χ4n) is 2.14. The van der Waals surface area contributed by atoms with Gasteiger partial charge in [-0.2, -0.15) is 0 Å². The van der Waals surface area contributed by atoms with E-state index in [1.807, 2.05) is 48.5 Å². The molecule has 21 heavy (non-hydrogen) atoms. The fraction of sp³-hybridized carbons (Fsp3) is 0.235. The molecule has 0 aliphatic rings. The molecule has 0 heterocycles. The quantitative estimate of drug-likeness (QED) is 0.881. The smallest absolute Gasteiger partial charge is 0.319 e. The summed E-state index contributed by atoms with van der Waals surface area (Å²) in [6, 6.07) is 15.2. The van der Waals surface area contributed by atoms with Crippen molar-refractivity contribution in [2.45, 2.75) is 19.9 Å². The van der Waals surface area contributed by atoms with E-state index in [4.69, 9.17) is 4.74 Å². The second-order valence-corrected chi connectivity index (χ2v) is 4.63. The number of methoxy groups -OCH3 is 1. The standard InChI is InChI=1S/C17H20N2O2/c1-3-13-8-4-6-10-15(13)19-17(20)18-12-14-9-5-7-11-16(14)21-2/h4-11H,3,12H2,1-2H3,(H2,18,19,20). The first-order chi connectivity index (χ1) is 10.2. The summed E-state index contributed by atoms with van der Waals surface area (Å²) >= 11 is 0. The van der Waals surface area contributed by atoms with Crippen LogP contribution in [0.3, 0.4) is 0 Å². The van der Waals surface area contributed by atoms with Crippen molar-refractivity contribution in [3.63, 3.8) is 0 Å². The van der Waals surface area contributed by atoms with E-state index in [1.165, 1.54) is 0 Å². The summed E-state index contributed by atoms with van der Waals surface area (Å²) in [5.74, 6) is 0.770. The van der Waals surface area contributed by atoms with Crippen molar-refractivity contribution >= 4 is 11.7 Å². The molecule has 0 bridgehead atoms. The van der Waals surface area contributed by atoms with Gasteiger partial charge in [0.05, 0.1) is 7.11 Å². The number of nitrogens with one attached hydrogen (secondary N) is 2. The predicted molar refractivity (Wildman–Crippen MR) is 84.7 cm³/mol. The molecule has 2 aromatic rings. The van der Waals surface area contributed by atoms with Crippen LogP contribution in [0.15, 0.2) is 48.5 Å². The molecule has 0 spiro atoms. The van der Waals surface area contributed by atoms with Crippen LogP contribution >= 0.6 is 0 Å². The van der Waals surface area contributed by atoms with Gasteiger partial charge in [0.15, 0.2) is 0 Å². The van der Waals surface area contributed by atoms with Gasteiger partial charge in [0, 0.05) is 17.8 Å². The molecule has 4 nitrogen and oxygen atoms in total. The van der Waals surface area contributed by atoms with Crippen LogP contribution in [0.1, 0.15) is 18.1 Å². The Labute approximate surface area is 125 Å². The number of rotatable bonds is 5. The zero-order chi connectivity index (χ0) is 15.1. The summed E-state index contributed by atoms with van der Waals surface area (Å²) in [5, 5.41) is 5.72. The third kappa shape index (κ3) is 3.99. The van der Waals surface area contributed by atoms with Crippen molar-refractivity contribution in [3.05, 3.63) is 59.7 Å². The molecule has 0 fully saturated rings. The first kappa shape index (κ1) is 14.9. The van der Waals surface area contributed by atoms with Crippen LogP contribution in [-0.4, -0.2) is 13.1 Å². The number of carbonyl (C=O) groups excluding carboxylic acids is 1. The van der Waals surface area contributed by atoms with E-state index in [0.29, 0.717) is 6.54 Å². The van der Waals surface area contributed by atoms with E-state index < -0.39 is 0 Å². The van der Waals surface area contributed by atoms with E-state index in [-0.39, 0.29) is 6.03 Å². The average molecular weight is 284 g/mol. The maximum Gasteiger partial charge on any atom is 0.319 e. The number of amides is 2. The van der Waals surface area contributed by atoms with E-state index in [1.54, 1.807) is 7.11 Å². The van der Waals surface area contributed by atoms with Gasteiger partial charge in [-0.1, -0.05) is 43.3 Å². The van der Waals surface area contributed by atoms with Gasteiger partial charge in [-0.15, -0.1) is 0 Å². The molecule has 2 rings (SSSR count). The minimum atomic E-state index is -0.221. The number of para-hydroxylation sites is 2. The number of benzene rings is 2. The fourth-order valence-corrected chi connectivity index (χ4v) is 2.14. The maximum atomic E-state index is 12.0. The van der Waals surface area contributed by atoms with Crippen molar-refractivity contribution in [1.29, 1.82) is 0 Å². The number of urea groups is 1. The zero-order valence-corrected chi connectivity index (χ0v) is 12.3. The van der Waals surface area contributed by atoms with Crippen LogP contribution in [-0.2, 0) is 13.0 Å². The largest absolute Gasteiger partial charge is 0.496 e. The Morgan fingerprint density at radius 2 is 1.71 bits per heavy atom. The highest BCUT2D eigenvalue weighted by Crippen LogP contribution is 2.17. The van der Waals surface area contributed by atoms with Gasteiger partial charge in [0.2, 0.25) is 0 Å². The van der Waals surface area contributed by atoms with Crippen LogP contribution in [0.2, 0.25) is 0 Å². The minimum absolute atomic E-state index is 0.221. The first-order valence-corrected chi connectivity index (χ1v) is 6.99. The Kier molecular flexibility index (Phi) is 5.21. The second-order valence-electron chi connectivity index (χ2n) is 4.63. The highest BCUT2D eigenvalue weighted by atomic mass is 16.5. The van der Waals surface area contributed by atoms with Crippen molar-refractivity contribution in [3.8, 4) is 5.75 Å². The highest BCUT2D eigenvalue weighted by Gasteiger charge is 2.06. The normalized spacial score (nSPS) is 10.0. The summed E-state index contributed by atoms with van der Waals surface area (Å²) < 4.78 is 5.26. The molecule has 0 aliphatic heterocycles. The van der Waals surface area contributed by atoms with Gasteiger partial charge in [-0.3, -0.25) is 0 Å². The average Bonchev–Trinajstić information content (AvgIpc) is 2.53. The van der Waals surface area contributed by atoms with E-state index in [9.17, 15) is 4.79 Å². The van der Waals surface area contributed by atoms with Crippen molar-refractivity contribution < 1.29 is 9.53 Å². The predicted octanol–water partition coefficient (Wildman–Crippen LogP) is 3.58. The van der Waals surface area contributed by atoms with E-state index in [2.05, 4.69) is 17.6 Å². The topological polar surface area (TPSA) is 50.4 Å². The Balaban J connectivity index is 1.96. The number of anilines is 1. The Morgan fingerprint density at radius 1 is 1.05 bits per heavy atom. The number of ether oxygens (including phenoxy) is 1. The summed E-state index contributed by atoms with van der Waals surface area (Å²) in [6.07, 6.45) is 0.878. The maximum absolute atomic E-state index is 12.0. The van der Waals surface area contributed by atoms with Gasteiger partial charge in [-0.05, 0) is 24.1 Å². The highest BCUT2D eigenvalue weighted by molar-refractivity contribution is 5.90. The third-order valence-corrected chi connectivity index (χ3v) is 3.28. The van der Waals surface area contributed by atoms with Gasteiger partial charge >= 0.3 is 6.03 Å². The first-order valence-electron chi connectivity index (χ1n) is 6.99. The molecule has 4 heteroatoms. The van der Waals surface area contributed by atoms with Crippen molar-refractivity contribution in [2.24, 2.45) is 0 Å². The monoisotopic (exact) mass is 284 g/mol. The molecule has 0 aromatic heterocycles. The molecule has 0 atom stereocenters. The molecule has 2 amide bonds. The molecular weight excluding hydrogens is 264 g/mol. The summed E-state index contributed by atoms with van der Waals surface area (Å²) in [7, 11) is 1.62. The molecule has 0 radical (unpaired) electrons. The number of carbonyl (C=O) groups is 1. The van der Waals surface area contributed by atoms with Crippen LogP contribution < -0.4 is 15.4 Å². The number of hydrogen-bond acceptors (Lipinski definition) is 2. The SMILES string of the molecule is CCc1ccccc1NC(=O)NCc1ccccc1OC. The lowest BCUT2D eigenvalue weighted by molar-refractivity contribution is 0.251. The number of hydrogen-bond donors (Lipinski definition) is 2. The van der Waals surface area contributed by atoms with Gasteiger partial charge < -0.3 is 15.4 Å². The van der Waals surface area contributed by atoms with Crippen molar-refractivity contribution in [2.75, 3.05) is 12.4 Å². The Morgan fingerprint density at radius 3 is 2.43 bits per heavy atom. The zero-order valence-electron chi connectivity index (χ0n) is 12.3. The van der Waals surface area contributed by atoms with Crippen LogP contribution in [0.4, 0.5) is 10.5 Å². The third-order valence-electron chi connectivity index (χ3n) is 3.28. The molecular formula is C17H20N2O2. The number of aryl methyl sites for hydroxylation is 1. The lowest BCUT2D eigenvalue weighted by Crippen LogP contribution is -2.28. The molecule has 0 unspecified atom stereocenters. The minimum Gasteiger partial charge on any atom is -0.496 e. The molecule has 2 N–H and O–H groups in total. The van der Waals surface area contributed by atoms with Gasteiger partial charge in [0.1, 0.15) is 5.75 Å². The van der Waals surface area contributed by atoms with E-state index in [0.717, 1.165) is 29.0 Å². The molecule has 0 aliphatic carbocycles. The van der Waals surface area contributed by atoms with Gasteiger partial charge in [-0.25, -0.2) is 4.79 Å². The Hall–Kier alpha value is -2.49. The molecule has 0 saturated heterocycles. The molecule has 110 valence electrons. The lowest BCUT2D eigenvalue weighted by Gasteiger charge is -2.12. The van der Waals surface area contributed by atoms with Crippen LogP contribution in [0.25, 0.3) is 0 Å². The van der Waals surface area contributed by atoms with Crippen molar-refractivity contribution in [1.82, 2.24) is 5.32 Å². The molecule has 2 aromatic carbocycles. The van der Waals surface area contributed by atoms with Crippen LogP contribution in [0, 0.1) is 0 Å². The summed E-state index contributed by atoms with van der Waals surface area (Å²) in [5.41, 5.74) is 2.90. The summed E-state index contributed by atoms with van der Waals surface area (Å²) in [6.45, 7) is 2.48. The van der Waals surface area contributed by atoms with Gasteiger partial charge in [0.25, 0.3) is 0 Å². The molecule has 0 saturated carbocycles. The Bertz CT molecular complexity index is 611. The second kappa shape index (κ2) is 7.33. The summed E-state index contributed by atoms with van der Waals surface area (Å²) in [4.78, 5) is 12.0.